The number of hydrogen-bond donors (Lipinski definition) is 5. The standard InChI is InChI=1S/C17H15N5O9S3/c18-17-19-6(4-34-17)10(21-31-3-9(25)26)13(27)20-11-14(28)22-12(16(29)30)7(5-33-15(11)22)32-2-1-8(23)24/h1-2,4,11,15H,3,5H2,(H2,18,19)(H,20,27)(H,23,24)(H,25,26)(H,29,30)/b2-1-,21-10+/t11-,15-/m1/s1. The summed E-state index contributed by atoms with van der Waals surface area (Å²) in [6.45, 7) is -0.825. The quantitative estimate of drug-likeness (QED) is 0.112. The van der Waals surface area contributed by atoms with Crippen LogP contribution in [0.1, 0.15) is 5.69 Å². The molecule has 2 aliphatic heterocycles. The van der Waals surface area contributed by atoms with Crippen molar-refractivity contribution in [1.29, 1.82) is 0 Å². The zero-order valence-corrected chi connectivity index (χ0v) is 19.2. The highest BCUT2D eigenvalue weighted by atomic mass is 32.2. The second-order valence-corrected chi connectivity index (χ2v) is 9.37. The molecule has 2 atom stereocenters. The first-order chi connectivity index (χ1) is 16.1. The summed E-state index contributed by atoms with van der Waals surface area (Å²) in [5.74, 6) is -5.36. The highest BCUT2D eigenvalue weighted by Crippen LogP contribution is 2.43. The lowest BCUT2D eigenvalue weighted by Gasteiger charge is -2.49. The van der Waals surface area contributed by atoms with Crippen LogP contribution in [0.15, 0.2) is 32.6 Å². The number of nitrogens with zero attached hydrogens (tertiary/aromatic N) is 3. The van der Waals surface area contributed by atoms with Gasteiger partial charge >= 0.3 is 17.9 Å². The molecule has 180 valence electrons. The largest absolute Gasteiger partial charge is 0.479 e. The summed E-state index contributed by atoms with van der Waals surface area (Å²) in [7, 11) is 0. The van der Waals surface area contributed by atoms with Crippen LogP contribution in [0.5, 0.6) is 0 Å². The fourth-order valence-corrected chi connectivity index (χ4v) is 5.68. The molecule has 2 amide bonds. The predicted molar refractivity (Wildman–Crippen MR) is 121 cm³/mol. The van der Waals surface area contributed by atoms with E-state index in [0.717, 1.165) is 34.1 Å². The Labute approximate surface area is 202 Å². The summed E-state index contributed by atoms with van der Waals surface area (Å²) < 4.78 is 0. The molecule has 6 N–H and O–H groups in total. The SMILES string of the molecule is Nc1nc(/C(=N\OCC(=O)O)C(=O)N[C@@H]2C(=O)N3C(C(=O)O)=C(S/C=C\C(=O)O)CS[C@H]23)cs1. The maximum atomic E-state index is 12.8. The van der Waals surface area contributed by atoms with Crippen LogP contribution < -0.4 is 11.1 Å². The first-order valence-corrected chi connectivity index (χ1v) is 11.8. The molecule has 0 bridgehead atoms. The number of aliphatic carboxylic acids is 3. The zero-order chi connectivity index (χ0) is 25.0. The molecular formula is C17H15N5O9S3. The summed E-state index contributed by atoms with van der Waals surface area (Å²) in [6.07, 6.45) is 0.841. The Balaban J connectivity index is 1.78. The average molecular weight is 530 g/mol. The third-order valence-electron chi connectivity index (χ3n) is 4.17. The van der Waals surface area contributed by atoms with Crippen molar-refractivity contribution < 1.29 is 44.1 Å². The molecule has 3 heterocycles. The fraction of sp³-hybridized carbons (Fsp3) is 0.235. The van der Waals surface area contributed by atoms with Gasteiger partial charge in [0.05, 0.1) is 0 Å². The Morgan fingerprint density at radius 2 is 2.09 bits per heavy atom. The number of thioether (sulfide) groups is 2. The van der Waals surface area contributed by atoms with Crippen LogP contribution in [0.4, 0.5) is 5.13 Å². The van der Waals surface area contributed by atoms with E-state index in [1.807, 2.05) is 0 Å². The Morgan fingerprint density at radius 3 is 2.68 bits per heavy atom. The third-order valence-corrected chi connectivity index (χ3v) is 7.20. The van der Waals surface area contributed by atoms with E-state index in [1.165, 1.54) is 22.5 Å². The van der Waals surface area contributed by atoms with Gasteiger partial charge in [0.15, 0.2) is 10.8 Å². The topological polar surface area (TPSA) is 222 Å². The van der Waals surface area contributed by atoms with Crippen LogP contribution >= 0.6 is 34.9 Å². The number of thiazole rings is 1. The Morgan fingerprint density at radius 1 is 1.35 bits per heavy atom. The number of hydrogen-bond acceptors (Lipinski definition) is 12. The molecule has 0 radical (unpaired) electrons. The summed E-state index contributed by atoms with van der Waals surface area (Å²) in [5.41, 5.74) is 4.86. The number of carboxylic acid groups (broad SMARTS) is 3. The van der Waals surface area contributed by atoms with Crippen LogP contribution in [0.2, 0.25) is 0 Å². The maximum absolute atomic E-state index is 12.8. The van der Waals surface area contributed by atoms with Crippen LogP contribution in [0, 0.1) is 0 Å². The molecule has 0 unspecified atom stereocenters. The van der Waals surface area contributed by atoms with E-state index in [1.54, 1.807) is 0 Å². The van der Waals surface area contributed by atoms with Gasteiger partial charge in [0.25, 0.3) is 11.8 Å². The lowest BCUT2D eigenvalue weighted by molar-refractivity contribution is -0.150. The van der Waals surface area contributed by atoms with Gasteiger partial charge in [-0.2, -0.15) is 0 Å². The van der Waals surface area contributed by atoms with Crippen LogP contribution in [-0.4, -0.2) is 84.4 Å². The highest BCUT2D eigenvalue weighted by molar-refractivity contribution is 8.08. The van der Waals surface area contributed by atoms with E-state index in [9.17, 15) is 29.1 Å². The molecule has 1 aromatic rings. The smallest absolute Gasteiger partial charge is 0.353 e. The van der Waals surface area contributed by atoms with Gasteiger partial charge in [0.1, 0.15) is 22.8 Å². The number of β-lactam (4-membered cyclic amide) rings is 1. The number of aromatic nitrogens is 1. The molecule has 0 spiro atoms. The lowest BCUT2D eigenvalue weighted by atomic mass is 10.0. The molecule has 1 saturated heterocycles. The second kappa shape index (κ2) is 10.6. The molecule has 0 saturated carbocycles. The van der Waals surface area contributed by atoms with Gasteiger partial charge in [0, 0.05) is 22.1 Å². The third kappa shape index (κ3) is 5.49. The van der Waals surface area contributed by atoms with E-state index in [2.05, 4.69) is 20.3 Å². The minimum Gasteiger partial charge on any atom is -0.479 e. The van der Waals surface area contributed by atoms with Crippen molar-refractivity contribution in [1.82, 2.24) is 15.2 Å². The number of nitrogen functional groups attached to an aromatic ring is 1. The Hall–Kier alpha value is -3.57. The van der Waals surface area contributed by atoms with E-state index in [0.29, 0.717) is 0 Å². The number of rotatable bonds is 10. The second-order valence-electron chi connectivity index (χ2n) is 6.37. The number of carboxylic acids is 3. The van der Waals surface area contributed by atoms with Crippen molar-refractivity contribution in [2.75, 3.05) is 18.1 Å². The monoisotopic (exact) mass is 529 g/mol. The summed E-state index contributed by atoms with van der Waals surface area (Å²) in [4.78, 5) is 68.5. The molecule has 0 aromatic carbocycles. The summed E-state index contributed by atoms with van der Waals surface area (Å²) >= 11 is 3.04. The maximum Gasteiger partial charge on any atom is 0.353 e. The van der Waals surface area contributed by atoms with Crippen molar-refractivity contribution >= 4 is 75.4 Å². The molecule has 3 rings (SSSR count). The minimum atomic E-state index is -1.38. The normalized spacial score (nSPS) is 20.1. The summed E-state index contributed by atoms with van der Waals surface area (Å²) in [5, 5.41) is 34.9. The lowest BCUT2D eigenvalue weighted by Crippen LogP contribution is -2.71. The highest BCUT2D eigenvalue weighted by Gasteiger charge is 2.54. The van der Waals surface area contributed by atoms with Gasteiger partial charge < -0.3 is 31.2 Å². The minimum absolute atomic E-state index is 0.000314. The first-order valence-electron chi connectivity index (χ1n) is 9.01. The average Bonchev–Trinajstić information content (AvgIpc) is 3.19. The van der Waals surface area contributed by atoms with Crippen molar-refractivity contribution in [2.45, 2.75) is 11.4 Å². The molecule has 2 aliphatic rings. The van der Waals surface area contributed by atoms with E-state index < -0.39 is 53.5 Å². The molecule has 0 aliphatic carbocycles. The fourth-order valence-electron chi connectivity index (χ4n) is 2.82. The predicted octanol–water partition coefficient (Wildman–Crippen LogP) is -0.442. The molecule has 34 heavy (non-hydrogen) atoms. The van der Waals surface area contributed by atoms with Gasteiger partial charge in [-0.1, -0.05) is 16.9 Å². The number of nitrogens with one attached hydrogen (secondary N) is 1. The summed E-state index contributed by atoms with van der Waals surface area (Å²) in [6, 6.07) is -1.10. The number of carbonyl (C=O) groups is 5. The number of amides is 2. The number of fused-ring (bicyclic) bond motifs is 1. The van der Waals surface area contributed by atoms with Crippen molar-refractivity contribution in [3.05, 3.63) is 33.2 Å². The van der Waals surface area contributed by atoms with Gasteiger partial charge in [-0.15, -0.1) is 23.1 Å². The van der Waals surface area contributed by atoms with E-state index >= 15 is 0 Å². The van der Waals surface area contributed by atoms with Gasteiger partial charge in [-0.25, -0.2) is 19.4 Å². The van der Waals surface area contributed by atoms with Crippen molar-refractivity contribution in [2.24, 2.45) is 5.16 Å². The van der Waals surface area contributed by atoms with Crippen molar-refractivity contribution in [3.8, 4) is 0 Å². The number of oxime groups is 1. The number of carbonyl (C=O) groups excluding carboxylic acids is 2. The molecule has 1 aromatic heterocycles. The molecular weight excluding hydrogens is 514 g/mol. The zero-order valence-electron chi connectivity index (χ0n) is 16.7. The van der Waals surface area contributed by atoms with Gasteiger partial charge in [-0.05, 0) is 5.41 Å². The van der Waals surface area contributed by atoms with E-state index in [-0.39, 0.29) is 27.2 Å². The van der Waals surface area contributed by atoms with Gasteiger partial charge in [-0.3, -0.25) is 14.5 Å². The molecule has 17 heteroatoms. The first kappa shape index (κ1) is 25.1. The Kier molecular flexibility index (Phi) is 7.79. The Bertz CT molecular complexity index is 1150. The molecule has 1 fully saturated rings. The van der Waals surface area contributed by atoms with E-state index in [4.69, 9.17) is 15.9 Å². The number of anilines is 1. The van der Waals surface area contributed by atoms with Crippen LogP contribution in [0.3, 0.4) is 0 Å². The molecule has 14 nitrogen and oxygen atoms in total. The van der Waals surface area contributed by atoms with Gasteiger partial charge in [0.2, 0.25) is 6.61 Å². The van der Waals surface area contributed by atoms with Crippen LogP contribution in [-0.2, 0) is 28.8 Å². The van der Waals surface area contributed by atoms with Crippen molar-refractivity contribution in [3.63, 3.8) is 0 Å². The van der Waals surface area contributed by atoms with Crippen LogP contribution in [0.25, 0.3) is 0 Å². The number of nitrogens with two attached hydrogens (primary N) is 1.